The third kappa shape index (κ3) is 7.13. The van der Waals surface area contributed by atoms with Gasteiger partial charge in [-0.05, 0) is 46.6 Å². The minimum atomic E-state index is -0.409. The Bertz CT molecular complexity index is 287. The zero-order valence-corrected chi connectivity index (χ0v) is 13.7. The molecule has 4 nitrogen and oxygen atoms in total. The molecule has 1 N–H and O–H groups in total. The number of rotatable bonds is 5. The van der Waals surface area contributed by atoms with Gasteiger partial charge in [-0.3, -0.25) is 0 Å². The van der Waals surface area contributed by atoms with Gasteiger partial charge in [0.15, 0.2) is 0 Å². The van der Waals surface area contributed by atoms with Crippen molar-refractivity contribution in [2.75, 3.05) is 19.6 Å². The number of likely N-dealkylation sites (tertiary alicyclic amines) is 1. The van der Waals surface area contributed by atoms with Crippen LogP contribution in [0.3, 0.4) is 0 Å². The first kappa shape index (κ1) is 17.3. The van der Waals surface area contributed by atoms with E-state index in [2.05, 4.69) is 12.2 Å². The first-order valence-electron chi connectivity index (χ1n) is 8.13. The van der Waals surface area contributed by atoms with Crippen LogP contribution in [0.5, 0.6) is 0 Å². The Balaban J connectivity index is 2.41. The number of hydrogen-bond donors (Lipinski definition) is 1. The standard InChI is InChI=1S/C16H32N2O2/c1-5-6-8-11-17-14-10-7-9-12-18(13-14)15(19)20-16(2,3)4/h14,17H,5-13H2,1-4H3. The first-order valence-corrected chi connectivity index (χ1v) is 8.13. The minimum absolute atomic E-state index is 0.167. The number of hydrogen-bond acceptors (Lipinski definition) is 3. The summed E-state index contributed by atoms with van der Waals surface area (Å²) >= 11 is 0. The Hall–Kier alpha value is -0.770. The summed E-state index contributed by atoms with van der Waals surface area (Å²) in [5, 5.41) is 3.59. The zero-order valence-electron chi connectivity index (χ0n) is 13.7. The summed E-state index contributed by atoms with van der Waals surface area (Å²) in [5.74, 6) is 0. The van der Waals surface area contributed by atoms with Crippen LogP contribution in [-0.2, 0) is 4.74 Å². The monoisotopic (exact) mass is 284 g/mol. The highest BCUT2D eigenvalue weighted by molar-refractivity contribution is 5.68. The van der Waals surface area contributed by atoms with E-state index >= 15 is 0 Å². The molecule has 1 aliphatic rings. The fraction of sp³-hybridized carbons (Fsp3) is 0.938. The largest absolute Gasteiger partial charge is 0.444 e. The van der Waals surface area contributed by atoms with Crippen LogP contribution in [0.2, 0.25) is 0 Å². The van der Waals surface area contributed by atoms with Gasteiger partial charge in [0.1, 0.15) is 5.60 Å². The second kappa shape index (κ2) is 8.50. The van der Waals surface area contributed by atoms with E-state index in [4.69, 9.17) is 4.74 Å². The van der Waals surface area contributed by atoms with E-state index in [0.29, 0.717) is 6.04 Å². The summed E-state index contributed by atoms with van der Waals surface area (Å²) in [6.45, 7) is 10.6. The van der Waals surface area contributed by atoms with Crippen molar-refractivity contribution in [3.05, 3.63) is 0 Å². The van der Waals surface area contributed by atoms with Gasteiger partial charge in [0, 0.05) is 19.1 Å². The second-order valence-electron chi connectivity index (χ2n) is 6.78. The predicted octanol–water partition coefficient (Wildman–Crippen LogP) is 3.56. The van der Waals surface area contributed by atoms with Crippen LogP contribution in [0.4, 0.5) is 4.79 Å². The molecule has 4 heteroatoms. The Morgan fingerprint density at radius 2 is 2.05 bits per heavy atom. The SMILES string of the molecule is CCCCCNC1CCCCN(C(=O)OC(C)(C)C)C1. The molecule has 20 heavy (non-hydrogen) atoms. The number of ether oxygens (including phenoxy) is 1. The van der Waals surface area contributed by atoms with E-state index in [-0.39, 0.29) is 6.09 Å². The van der Waals surface area contributed by atoms with Crippen molar-refractivity contribution >= 4 is 6.09 Å². The molecule has 0 saturated carbocycles. The zero-order chi connectivity index (χ0) is 15.0. The average Bonchev–Trinajstić information content (AvgIpc) is 2.58. The average molecular weight is 284 g/mol. The minimum Gasteiger partial charge on any atom is -0.444 e. The lowest BCUT2D eigenvalue weighted by Gasteiger charge is -2.28. The molecule has 1 heterocycles. The molecule has 0 bridgehead atoms. The molecule has 0 aromatic carbocycles. The number of unbranched alkanes of at least 4 members (excludes halogenated alkanes) is 2. The molecule has 1 saturated heterocycles. The second-order valence-corrected chi connectivity index (χ2v) is 6.78. The van der Waals surface area contributed by atoms with Gasteiger partial charge >= 0.3 is 6.09 Å². The van der Waals surface area contributed by atoms with Crippen molar-refractivity contribution in [3.8, 4) is 0 Å². The molecule has 118 valence electrons. The Morgan fingerprint density at radius 3 is 2.70 bits per heavy atom. The maximum absolute atomic E-state index is 12.2. The first-order chi connectivity index (χ1) is 9.42. The van der Waals surface area contributed by atoms with Crippen LogP contribution < -0.4 is 5.32 Å². The third-order valence-corrected chi connectivity index (χ3v) is 3.54. The van der Waals surface area contributed by atoms with Gasteiger partial charge in [0.25, 0.3) is 0 Å². The lowest BCUT2D eigenvalue weighted by molar-refractivity contribution is 0.0244. The smallest absolute Gasteiger partial charge is 0.410 e. The third-order valence-electron chi connectivity index (χ3n) is 3.54. The lowest BCUT2D eigenvalue weighted by atomic mass is 10.1. The van der Waals surface area contributed by atoms with Crippen LogP contribution in [0.25, 0.3) is 0 Å². The van der Waals surface area contributed by atoms with Crippen molar-refractivity contribution < 1.29 is 9.53 Å². The molecule has 1 rings (SSSR count). The Labute approximate surface area is 124 Å². The molecule has 0 spiro atoms. The molecule has 1 fully saturated rings. The molecular formula is C16H32N2O2. The van der Waals surface area contributed by atoms with Gasteiger partial charge in [0.05, 0.1) is 0 Å². The predicted molar refractivity (Wildman–Crippen MR) is 83.0 cm³/mol. The summed E-state index contributed by atoms with van der Waals surface area (Å²) in [7, 11) is 0. The molecule has 1 atom stereocenters. The van der Waals surface area contributed by atoms with E-state index in [9.17, 15) is 4.79 Å². The summed E-state index contributed by atoms with van der Waals surface area (Å²) < 4.78 is 5.48. The molecule has 1 aliphatic heterocycles. The maximum atomic E-state index is 12.2. The fourth-order valence-corrected chi connectivity index (χ4v) is 2.48. The molecule has 0 aromatic heterocycles. The van der Waals surface area contributed by atoms with Crippen molar-refractivity contribution in [1.82, 2.24) is 10.2 Å². The lowest BCUT2D eigenvalue weighted by Crippen LogP contribution is -2.44. The highest BCUT2D eigenvalue weighted by atomic mass is 16.6. The molecule has 1 amide bonds. The van der Waals surface area contributed by atoms with Crippen LogP contribution >= 0.6 is 0 Å². The van der Waals surface area contributed by atoms with Gasteiger partial charge in [-0.1, -0.05) is 26.2 Å². The number of carbonyl (C=O) groups is 1. The number of carbonyl (C=O) groups excluding carboxylic acids is 1. The van der Waals surface area contributed by atoms with Crippen LogP contribution in [0.15, 0.2) is 0 Å². The van der Waals surface area contributed by atoms with Gasteiger partial charge < -0.3 is 15.0 Å². The molecule has 0 aromatic rings. The molecule has 1 unspecified atom stereocenters. The van der Waals surface area contributed by atoms with E-state index in [1.54, 1.807) is 0 Å². The van der Waals surface area contributed by atoms with Crippen molar-refractivity contribution in [3.63, 3.8) is 0 Å². The fourth-order valence-electron chi connectivity index (χ4n) is 2.48. The number of nitrogens with one attached hydrogen (secondary N) is 1. The van der Waals surface area contributed by atoms with Crippen LogP contribution in [-0.4, -0.2) is 42.3 Å². The summed E-state index contributed by atoms with van der Waals surface area (Å²) in [4.78, 5) is 14.0. The van der Waals surface area contributed by atoms with Gasteiger partial charge in [-0.2, -0.15) is 0 Å². The van der Waals surface area contributed by atoms with E-state index in [1.165, 1.54) is 25.7 Å². The molecular weight excluding hydrogens is 252 g/mol. The van der Waals surface area contributed by atoms with Crippen molar-refractivity contribution in [2.24, 2.45) is 0 Å². The van der Waals surface area contributed by atoms with Gasteiger partial charge in [0.2, 0.25) is 0 Å². The van der Waals surface area contributed by atoms with Gasteiger partial charge in [-0.25, -0.2) is 4.79 Å². The Kier molecular flexibility index (Phi) is 7.35. The van der Waals surface area contributed by atoms with Crippen molar-refractivity contribution in [2.45, 2.75) is 77.9 Å². The van der Waals surface area contributed by atoms with E-state index in [1.807, 2.05) is 25.7 Å². The van der Waals surface area contributed by atoms with E-state index < -0.39 is 5.60 Å². The van der Waals surface area contributed by atoms with Gasteiger partial charge in [-0.15, -0.1) is 0 Å². The highest BCUT2D eigenvalue weighted by Gasteiger charge is 2.25. The van der Waals surface area contributed by atoms with Crippen LogP contribution in [0.1, 0.15) is 66.2 Å². The molecule has 0 radical (unpaired) electrons. The van der Waals surface area contributed by atoms with E-state index in [0.717, 1.165) is 32.5 Å². The number of amides is 1. The summed E-state index contributed by atoms with van der Waals surface area (Å²) in [5.41, 5.74) is -0.409. The normalized spacial score (nSPS) is 20.6. The topological polar surface area (TPSA) is 41.6 Å². The van der Waals surface area contributed by atoms with Crippen LogP contribution in [0, 0.1) is 0 Å². The summed E-state index contributed by atoms with van der Waals surface area (Å²) in [6, 6.07) is 0.418. The maximum Gasteiger partial charge on any atom is 0.410 e. The Morgan fingerprint density at radius 1 is 1.30 bits per heavy atom. The number of nitrogens with zero attached hydrogens (tertiary/aromatic N) is 1. The molecule has 0 aliphatic carbocycles. The highest BCUT2D eigenvalue weighted by Crippen LogP contribution is 2.15. The van der Waals surface area contributed by atoms with Crippen molar-refractivity contribution in [1.29, 1.82) is 0 Å². The quantitative estimate of drug-likeness (QED) is 0.785. The summed E-state index contributed by atoms with van der Waals surface area (Å²) in [6.07, 6.45) is 6.99.